The highest BCUT2D eigenvalue weighted by atomic mass is 32.1. The monoisotopic (exact) mass is 718 g/mol. The molecule has 0 unspecified atom stereocenters. The van der Waals surface area contributed by atoms with Crippen LogP contribution in [0.4, 0.5) is 17.1 Å². The summed E-state index contributed by atoms with van der Waals surface area (Å²) in [5.74, 6) is -0.718. The van der Waals surface area contributed by atoms with Crippen molar-refractivity contribution in [3.63, 3.8) is 0 Å². The second-order valence-electron chi connectivity index (χ2n) is 13.1. The zero-order valence-electron chi connectivity index (χ0n) is 29.3. The maximum atomic E-state index is 13.9. The number of likely N-dealkylation sites (N-methyl/N-ethyl adjacent to an activating group) is 1. The SMILES string of the molecule is C[C@@H]1CN([C@@H](C)CO)C(=O)c2cccc(NC(=O)c3ccc(-c4nccs4)cc3)c2O[C@H]1CN(C)Cc1ccc(C(=O)Nc2ccccc2N)cc1. The number of nitrogens with one attached hydrogen (secondary N) is 2. The van der Waals surface area contributed by atoms with Crippen LogP contribution in [-0.2, 0) is 6.54 Å². The first kappa shape index (κ1) is 36.2. The Balaban J connectivity index is 1.20. The van der Waals surface area contributed by atoms with Crippen molar-refractivity contribution in [3.8, 4) is 16.3 Å². The molecule has 3 amide bonds. The lowest BCUT2D eigenvalue weighted by molar-refractivity contribution is 0.0343. The van der Waals surface area contributed by atoms with Gasteiger partial charge in [-0.1, -0.05) is 49.4 Å². The summed E-state index contributed by atoms with van der Waals surface area (Å²) in [7, 11) is 1.98. The number of aromatic nitrogens is 1. The van der Waals surface area contributed by atoms with Crippen LogP contribution in [0.2, 0.25) is 0 Å². The Labute approximate surface area is 307 Å². The zero-order valence-corrected chi connectivity index (χ0v) is 30.1. The molecular weight excluding hydrogens is 677 g/mol. The van der Waals surface area contributed by atoms with E-state index in [1.54, 1.807) is 65.7 Å². The summed E-state index contributed by atoms with van der Waals surface area (Å²) in [6, 6.07) is 26.4. The summed E-state index contributed by atoms with van der Waals surface area (Å²) >= 11 is 1.52. The molecule has 5 N–H and O–H groups in total. The number of hydrogen-bond donors (Lipinski definition) is 4. The smallest absolute Gasteiger partial charge is 0.258 e. The van der Waals surface area contributed by atoms with Gasteiger partial charge in [-0.2, -0.15) is 0 Å². The number of ether oxygens (including phenoxy) is 1. The van der Waals surface area contributed by atoms with Gasteiger partial charge in [0.15, 0.2) is 5.75 Å². The van der Waals surface area contributed by atoms with E-state index in [1.165, 1.54) is 11.3 Å². The van der Waals surface area contributed by atoms with E-state index < -0.39 is 6.04 Å². The normalized spacial score (nSPS) is 16.3. The fraction of sp³-hybridized carbons (Fsp3) is 0.250. The topological polar surface area (TPSA) is 150 Å². The number of benzene rings is 4. The number of aliphatic hydroxyl groups excluding tert-OH is 1. The van der Waals surface area contributed by atoms with E-state index in [9.17, 15) is 19.5 Å². The number of para-hydroxylation sites is 3. The van der Waals surface area contributed by atoms with E-state index in [4.69, 9.17) is 10.5 Å². The fourth-order valence-electron chi connectivity index (χ4n) is 6.13. The van der Waals surface area contributed by atoms with Crippen LogP contribution in [0.5, 0.6) is 5.75 Å². The third-order valence-electron chi connectivity index (χ3n) is 9.13. The van der Waals surface area contributed by atoms with Gasteiger partial charge in [-0.05, 0) is 68.1 Å². The van der Waals surface area contributed by atoms with Gasteiger partial charge in [0.1, 0.15) is 11.1 Å². The van der Waals surface area contributed by atoms with Crippen LogP contribution in [0, 0.1) is 5.92 Å². The number of amides is 3. The molecule has 0 spiro atoms. The van der Waals surface area contributed by atoms with Crippen LogP contribution in [-0.4, -0.2) is 76.5 Å². The van der Waals surface area contributed by atoms with Crippen LogP contribution >= 0.6 is 11.3 Å². The molecule has 4 aromatic carbocycles. The lowest BCUT2D eigenvalue weighted by Crippen LogP contribution is -2.49. The summed E-state index contributed by atoms with van der Waals surface area (Å²) in [5, 5.41) is 18.7. The molecule has 6 rings (SSSR count). The summed E-state index contributed by atoms with van der Waals surface area (Å²) in [5.41, 5.74) is 10.6. The van der Waals surface area contributed by atoms with Gasteiger partial charge in [-0.15, -0.1) is 11.3 Å². The third kappa shape index (κ3) is 8.31. The summed E-state index contributed by atoms with van der Waals surface area (Å²) in [6.07, 6.45) is 1.35. The summed E-state index contributed by atoms with van der Waals surface area (Å²) < 4.78 is 6.71. The number of nitrogens with zero attached hydrogens (tertiary/aromatic N) is 3. The number of rotatable bonds is 11. The van der Waals surface area contributed by atoms with Crippen molar-refractivity contribution >= 4 is 46.1 Å². The van der Waals surface area contributed by atoms with Gasteiger partial charge < -0.3 is 31.1 Å². The van der Waals surface area contributed by atoms with Gasteiger partial charge in [-0.25, -0.2) is 4.98 Å². The Morgan fingerprint density at radius 3 is 2.29 bits per heavy atom. The second-order valence-corrected chi connectivity index (χ2v) is 14.0. The quantitative estimate of drug-likeness (QED) is 0.117. The standard InChI is InChI=1S/C40H42N6O5S/c1-25-21-46(26(2)24-47)40(50)31-7-6-10-34(44-38(49)29-15-17-30(18-16-29)39-42-19-20-52-39)36(31)51-35(25)23-45(3)22-27-11-13-28(14-12-27)37(48)43-33-9-5-4-8-32(33)41/h4-20,25-26,35,47H,21-24,41H2,1-3H3,(H,43,48)(H,44,49)/t25-,26+,35+/m1/s1. The minimum absolute atomic E-state index is 0.132. The first-order valence-corrected chi connectivity index (χ1v) is 17.9. The van der Waals surface area contributed by atoms with Gasteiger partial charge in [0.25, 0.3) is 17.7 Å². The Bertz CT molecular complexity index is 2020. The van der Waals surface area contributed by atoms with Crippen LogP contribution in [0.1, 0.15) is 50.5 Å². The molecule has 0 saturated heterocycles. The van der Waals surface area contributed by atoms with E-state index in [2.05, 4.69) is 20.5 Å². The molecule has 3 atom stereocenters. The fourth-order valence-corrected chi connectivity index (χ4v) is 6.78. The summed E-state index contributed by atoms with van der Waals surface area (Å²) in [4.78, 5) is 48.4. The number of fused-ring (bicyclic) bond motifs is 1. The number of carbonyl (C=O) groups is 3. The molecule has 0 bridgehead atoms. The number of hydrogen-bond acceptors (Lipinski definition) is 9. The van der Waals surface area contributed by atoms with Crippen LogP contribution in [0.25, 0.3) is 10.6 Å². The molecule has 268 valence electrons. The molecule has 1 aliphatic rings. The van der Waals surface area contributed by atoms with Crippen molar-refractivity contribution in [2.75, 3.05) is 43.1 Å². The Morgan fingerprint density at radius 1 is 0.981 bits per heavy atom. The number of anilines is 3. The minimum atomic E-state index is -0.428. The van der Waals surface area contributed by atoms with Gasteiger partial charge in [0.05, 0.1) is 35.3 Å². The molecule has 1 aromatic heterocycles. The van der Waals surface area contributed by atoms with Crippen LogP contribution < -0.4 is 21.1 Å². The maximum Gasteiger partial charge on any atom is 0.258 e. The number of aliphatic hydroxyl groups is 1. The predicted octanol–water partition coefficient (Wildman–Crippen LogP) is 6.25. The van der Waals surface area contributed by atoms with E-state index in [0.29, 0.717) is 53.4 Å². The van der Waals surface area contributed by atoms with E-state index >= 15 is 0 Å². The average molecular weight is 719 g/mol. The third-order valence-corrected chi connectivity index (χ3v) is 9.96. The number of carbonyl (C=O) groups excluding carboxylic acids is 3. The molecule has 0 radical (unpaired) electrons. The highest BCUT2D eigenvalue weighted by Crippen LogP contribution is 2.35. The van der Waals surface area contributed by atoms with Crippen molar-refractivity contribution in [1.29, 1.82) is 0 Å². The van der Waals surface area contributed by atoms with Crippen LogP contribution in [0.15, 0.2) is 103 Å². The molecular formula is C40H42N6O5S. The number of nitrogens with two attached hydrogens (primary N) is 1. The minimum Gasteiger partial charge on any atom is -0.486 e. The molecule has 1 aliphatic heterocycles. The van der Waals surface area contributed by atoms with Crippen molar-refractivity contribution in [2.45, 2.75) is 32.5 Å². The summed E-state index contributed by atoms with van der Waals surface area (Å²) in [6.45, 7) is 5.07. The van der Waals surface area contributed by atoms with E-state index in [0.717, 1.165) is 16.1 Å². The molecule has 5 aromatic rings. The molecule has 0 saturated carbocycles. The van der Waals surface area contributed by atoms with Gasteiger partial charge in [0, 0.05) is 53.8 Å². The highest BCUT2D eigenvalue weighted by Gasteiger charge is 2.34. The second kappa shape index (κ2) is 16.2. The number of thiazole rings is 1. The molecule has 0 fully saturated rings. The molecule has 52 heavy (non-hydrogen) atoms. The Hall–Kier alpha value is -5.56. The molecule has 0 aliphatic carbocycles. The predicted molar refractivity (Wildman–Crippen MR) is 205 cm³/mol. The number of nitrogen functional groups attached to an aromatic ring is 1. The lowest BCUT2D eigenvalue weighted by Gasteiger charge is -2.38. The van der Waals surface area contributed by atoms with E-state index in [-0.39, 0.29) is 42.1 Å². The van der Waals surface area contributed by atoms with Crippen molar-refractivity contribution in [3.05, 3.63) is 125 Å². The maximum absolute atomic E-state index is 13.9. The molecule has 11 nitrogen and oxygen atoms in total. The first-order valence-electron chi connectivity index (χ1n) is 17.1. The van der Waals surface area contributed by atoms with Crippen molar-refractivity contribution in [2.24, 2.45) is 5.92 Å². The molecule has 2 heterocycles. The van der Waals surface area contributed by atoms with Gasteiger partial charge in [-0.3, -0.25) is 19.3 Å². The Morgan fingerprint density at radius 2 is 1.63 bits per heavy atom. The van der Waals surface area contributed by atoms with E-state index in [1.807, 2.05) is 62.7 Å². The largest absolute Gasteiger partial charge is 0.486 e. The van der Waals surface area contributed by atoms with Crippen molar-refractivity contribution < 1.29 is 24.2 Å². The van der Waals surface area contributed by atoms with Crippen molar-refractivity contribution in [1.82, 2.24) is 14.8 Å². The zero-order chi connectivity index (χ0) is 36.8. The molecule has 12 heteroatoms. The Kier molecular flexibility index (Phi) is 11.3. The lowest BCUT2D eigenvalue weighted by atomic mass is 9.98. The van der Waals surface area contributed by atoms with Gasteiger partial charge in [0.2, 0.25) is 0 Å². The highest BCUT2D eigenvalue weighted by molar-refractivity contribution is 7.13. The van der Waals surface area contributed by atoms with Crippen LogP contribution in [0.3, 0.4) is 0 Å². The first-order chi connectivity index (χ1) is 25.1. The van der Waals surface area contributed by atoms with Gasteiger partial charge >= 0.3 is 0 Å². The average Bonchev–Trinajstić information content (AvgIpc) is 3.70.